The Morgan fingerprint density at radius 3 is 2.05 bits per heavy atom. The van der Waals surface area contributed by atoms with Crippen LogP contribution in [0, 0.1) is 0 Å². The third-order valence-corrected chi connectivity index (χ3v) is 3.08. The summed E-state index contributed by atoms with van der Waals surface area (Å²) in [6, 6.07) is 6.82. The fraction of sp³-hybridized carbons (Fsp3) is 0.429. The van der Waals surface area contributed by atoms with E-state index in [0.717, 1.165) is 10.6 Å². The van der Waals surface area contributed by atoms with Gasteiger partial charge in [0.1, 0.15) is 0 Å². The van der Waals surface area contributed by atoms with Crippen molar-refractivity contribution in [3.05, 3.63) is 29.8 Å². The molecule has 1 heterocycles. The maximum absolute atomic E-state index is 12.5. The van der Waals surface area contributed by atoms with Crippen molar-refractivity contribution in [3.63, 3.8) is 0 Å². The molecule has 0 fully saturated rings. The van der Waals surface area contributed by atoms with Crippen molar-refractivity contribution in [2.75, 3.05) is 5.01 Å². The Hall–Kier alpha value is -1.85. The summed E-state index contributed by atoms with van der Waals surface area (Å²) in [5.41, 5.74) is 0.270. The average Bonchev–Trinajstić information content (AvgIpc) is 2.70. The van der Waals surface area contributed by atoms with Crippen molar-refractivity contribution < 1.29 is 18.0 Å². The Morgan fingerprint density at radius 2 is 1.65 bits per heavy atom. The van der Waals surface area contributed by atoms with Gasteiger partial charge in [-0.15, -0.1) is 0 Å². The minimum Gasteiger partial charge on any atom is -0.272 e. The maximum Gasteiger partial charge on any atom is 0.431 e. The molecule has 0 saturated heterocycles. The summed E-state index contributed by atoms with van der Waals surface area (Å²) in [5, 5.41) is 4.19. The van der Waals surface area contributed by atoms with Gasteiger partial charge in [-0.3, -0.25) is 4.79 Å². The highest BCUT2D eigenvalue weighted by Crippen LogP contribution is 2.30. The van der Waals surface area contributed by atoms with E-state index >= 15 is 0 Å². The van der Waals surface area contributed by atoms with Crippen LogP contribution in [0.3, 0.4) is 0 Å². The van der Waals surface area contributed by atoms with Gasteiger partial charge in [-0.2, -0.15) is 18.3 Å². The SMILES string of the molecule is CC(C)(C)c1ccc(N2N=C(C(F)(F)F)CC2=O)cc1. The molecule has 0 saturated carbocycles. The lowest BCUT2D eigenvalue weighted by Gasteiger charge is -2.20. The monoisotopic (exact) mass is 284 g/mol. The van der Waals surface area contributed by atoms with E-state index in [2.05, 4.69) is 5.10 Å². The van der Waals surface area contributed by atoms with Crippen molar-refractivity contribution in [2.45, 2.75) is 38.8 Å². The number of halogens is 3. The minimum absolute atomic E-state index is 0.0616. The average molecular weight is 284 g/mol. The Morgan fingerprint density at radius 1 is 1.10 bits per heavy atom. The predicted octanol–water partition coefficient (Wildman–Crippen LogP) is 3.64. The second-order valence-electron chi connectivity index (χ2n) is 5.72. The molecule has 3 nitrogen and oxygen atoms in total. The molecule has 1 amide bonds. The summed E-state index contributed by atoms with van der Waals surface area (Å²) in [4.78, 5) is 11.6. The number of benzene rings is 1. The molecule has 1 aliphatic rings. The fourth-order valence-corrected chi connectivity index (χ4v) is 1.89. The van der Waals surface area contributed by atoms with Gasteiger partial charge in [0.2, 0.25) is 0 Å². The molecule has 0 aromatic heterocycles. The summed E-state index contributed by atoms with van der Waals surface area (Å²) in [7, 11) is 0. The lowest BCUT2D eigenvalue weighted by molar-refractivity contribution is -0.117. The highest BCUT2D eigenvalue weighted by atomic mass is 19.4. The topological polar surface area (TPSA) is 32.7 Å². The van der Waals surface area contributed by atoms with E-state index in [1.54, 1.807) is 24.3 Å². The molecule has 0 unspecified atom stereocenters. The highest BCUT2D eigenvalue weighted by Gasteiger charge is 2.42. The number of carbonyl (C=O) groups is 1. The second-order valence-corrected chi connectivity index (χ2v) is 5.72. The van der Waals surface area contributed by atoms with Gasteiger partial charge < -0.3 is 0 Å². The van der Waals surface area contributed by atoms with Gasteiger partial charge in [0.05, 0.1) is 12.1 Å². The molecule has 108 valence electrons. The fourth-order valence-electron chi connectivity index (χ4n) is 1.89. The summed E-state index contributed by atoms with van der Waals surface area (Å²) in [6.45, 7) is 6.09. The number of hydrogen-bond donors (Lipinski definition) is 0. The molecule has 2 rings (SSSR count). The molecular formula is C14H15F3N2O. The first kappa shape index (κ1) is 14.6. The molecule has 6 heteroatoms. The van der Waals surface area contributed by atoms with Crippen LogP contribution < -0.4 is 5.01 Å². The largest absolute Gasteiger partial charge is 0.431 e. The molecule has 0 N–H and O–H groups in total. The van der Waals surface area contributed by atoms with Crippen molar-refractivity contribution in [1.82, 2.24) is 0 Å². The predicted molar refractivity (Wildman–Crippen MR) is 70.7 cm³/mol. The molecule has 0 aliphatic carbocycles. The first-order valence-corrected chi connectivity index (χ1v) is 6.17. The van der Waals surface area contributed by atoms with Gasteiger partial charge in [0, 0.05) is 0 Å². The van der Waals surface area contributed by atoms with E-state index in [1.165, 1.54) is 0 Å². The van der Waals surface area contributed by atoms with Crippen molar-refractivity contribution in [1.29, 1.82) is 0 Å². The second kappa shape index (κ2) is 4.61. The number of nitrogens with zero attached hydrogens (tertiary/aromatic N) is 2. The quantitative estimate of drug-likeness (QED) is 0.775. The number of hydrazone groups is 1. The summed E-state index contributed by atoms with van der Waals surface area (Å²) < 4.78 is 37.6. The van der Waals surface area contributed by atoms with Crippen LogP contribution in [-0.2, 0) is 10.2 Å². The van der Waals surface area contributed by atoms with E-state index in [-0.39, 0.29) is 5.41 Å². The standard InChI is InChI=1S/C14H15F3N2O/c1-13(2,3)9-4-6-10(7-5-9)19-12(20)8-11(18-19)14(15,16)17/h4-7H,8H2,1-3H3. The summed E-state index contributed by atoms with van der Waals surface area (Å²) in [6.07, 6.45) is -5.26. The maximum atomic E-state index is 12.5. The number of anilines is 1. The lowest BCUT2D eigenvalue weighted by Crippen LogP contribution is -2.22. The van der Waals surface area contributed by atoms with Crippen LogP contribution in [-0.4, -0.2) is 17.8 Å². The number of rotatable bonds is 1. The van der Waals surface area contributed by atoms with Crippen LogP contribution in [0.2, 0.25) is 0 Å². The minimum atomic E-state index is -4.56. The summed E-state index contributed by atoms with van der Waals surface area (Å²) >= 11 is 0. The van der Waals surface area contributed by atoms with Crippen LogP contribution in [0.5, 0.6) is 0 Å². The summed E-state index contributed by atoms with van der Waals surface area (Å²) in [5.74, 6) is -0.666. The van der Waals surface area contributed by atoms with Crippen molar-refractivity contribution in [3.8, 4) is 0 Å². The normalized spacial score (nSPS) is 16.6. The first-order chi connectivity index (χ1) is 9.09. The zero-order valence-electron chi connectivity index (χ0n) is 11.5. The number of alkyl halides is 3. The molecule has 1 aromatic carbocycles. The van der Waals surface area contributed by atoms with Crippen LogP contribution in [0.4, 0.5) is 18.9 Å². The molecule has 0 radical (unpaired) electrons. The Labute approximate surface area is 115 Å². The van der Waals surface area contributed by atoms with Gasteiger partial charge in [-0.1, -0.05) is 32.9 Å². The zero-order chi connectivity index (χ0) is 15.1. The van der Waals surface area contributed by atoms with Gasteiger partial charge in [0.15, 0.2) is 5.71 Å². The molecule has 1 aliphatic heterocycles. The van der Waals surface area contributed by atoms with Crippen LogP contribution in [0.25, 0.3) is 0 Å². The third-order valence-electron chi connectivity index (χ3n) is 3.08. The molecular weight excluding hydrogens is 269 g/mol. The van der Waals surface area contributed by atoms with Gasteiger partial charge >= 0.3 is 6.18 Å². The molecule has 20 heavy (non-hydrogen) atoms. The van der Waals surface area contributed by atoms with Gasteiger partial charge in [0.25, 0.3) is 5.91 Å². The van der Waals surface area contributed by atoms with E-state index < -0.39 is 24.2 Å². The Kier molecular flexibility index (Phi) is 3.36. The molecule has 0 bridgehead atoms. The van der Waals surface area contributed by atoms with Crippen LogP contribution in [0.15, 0.2) is 29.4 Å². The lowest BCUT2D eigenvalue weighted by atomic mass is 9.87. The molecule has 0 atom stereocenters. The smallest absolute Gasteiger partial charge is 0.272 e. The van der Waals surface area contributed by atoms with E-state index in [1.807, 2.05) is 20.8 Å². The molecule has 1 aromatic rings. The third kappa shape index (κ3) is 2.84. The van der Waals surface area contributed by atoms with E-state index in [9.17, 15) is 18.0 Å². The van der Waals surface area contributed by atoms with E-state index in [0.29, 0.717) is 5.69 Å². The van der Waals surface area contributed by atoms with Crippen LogP contribution in [0.1, 0.15) is 32.8 Å². The first-order valence-electron chi connectivity index (χ1n) is 6.17. The van der Waals surface area contributed by atoms with Gasteiger partial charge in [-0.05, 0) is 23.1 Å². The highest BCUT2D eigenvalue weighted by molar-refractivity contribution is 6.14. The van der Waals surface area contributed by atoms with Crippen LogP contribution >= 0.6 is 0 Å². The zero-order valence-corrected chi connectivity index (χ0v) is 11.5. The van der Waals surface area contributed by atoms with Gasteiger partial charge in [-0.25, -0.2) is 5.01 Å². The Balaban J connectivity index is 2.29. The van der Waals surface area contributed by atoms with Crippen molar-refractivity contribution in [2.24, 2.45) is 5.10 Å². The molecule has 0 spiro atoms. The number of amides is 1. The number of carbonyl (C=O) groups excluding carboxylic acids is 1. The number of hydrogen-bond acceptors (Lipinski definition) is 2. The van der Waals surface area contributed by atoms with Crippen molar-refractivity contribution >= 4 is 17.3 Å². The van der Waals surface area contributed by atoms with E-state index in [4.69, 9.17) is 0 Å². The Bertz CT molecular complexity index is 553.